The van der Waals surface area contributed by atoms with E-state index in [9.17, 15) is 18.3 Å². The van der Waals surface area contributed by atoms with Crippen molar-refractivity contribution in [1.82, 2.24) is 9.88 Å². The highest BCUT2D eigenvalue weighted by Gasteiger charge is 2.19. The van der Waals surface area contributed by atoms with Gasteiger partial charge in [0.05, 0.1) is 22.7 Å². The van der Waals surface area contributed by atoms with Gasteiger partial charge < -0.3 is 15.0 Å². The average molecular weight is 378 g/mol. The first kappa shape index (κ1) is 20.2. The number of sulfone groups is 1. The summed E-state index contributed by atoms with van der Waals surface area (Å²) in [4.78, 5) is 12.3. The molecule has 1 aromatic carbocycles. The van der Waals surface area contributed by atoms with Gasteiger partial charge in [0.1, 0.15) is 0 Å². The number of nitrogens with one attached hydrogen (secondary N) is 1. The van der Waals surface area contributed by atoms with E-state index >= 15 is 0 Å². The van der Waals surface area contributed by atoms with Gasteiger partial charge in [0.15, 0.2) is 9.84 Å². The van der Waals surface area contributed by atoms with Crippen molar-refractivity contribution < 1.29 is 18.3 Å². The Hall–Kier alpha value is -2.12. The molecule has 1 heterocycles. The first-order valence-electron chi connectivity index (χ1n) is 8.60. The summed E-state index contributed by atoms with van der Waals surface area (Å²) in [5, 5.41) is 12.4. The molecule has 0 radical (unpaired) electrons. The van der Waals surface area contributed by atoms with Crippen LogP contribution in [0.5, 0.6) is 0 Å². The summed E-state index contributed by atoms with van der Waals surface area (Å²) in [6.45, 7) is 3.64. The van der Waals surface area contributed by atoms with E-state index in [4.69, 9.17) is 0 Å². The number of aromatic nitrogens is 1. The molecule has 1 atom stereocenters. The zero-order valence-corrected chi connectivity index (χ0v) is 16.2. The van der Waals surface area contributed by atoms with Crippen molar-refractivity contribution in [3.8, 4) is 0 Å². The van der Waals surface area contributed by atoms with Crippen LogP contribution >= 0.6 is 0 Å². The van der Waals surface area contributed by atoms with Crippen molar-refractivity contribution in [2.75, 3.05) is 6.54 Å². The zero-order valence-electron chi connectivity index (χ0n) is 15.3. The van der Waals surface area contributed by atoms with Gasteiger partial charge in [-0.25, -0.2) is 8.42 Å². The molecule has 7 heteroatoms. The quantitative estimate of drug-likeness (QED) is 0.735. The van der Waals surface area contributed by atoms with Crippen molar-refractivity contribution in [3.05, 3.63) is 53.9 Å². The van der Waals surface area contributed by atoms with Crippen molar-refractivity contribution in [2.45, 2.75) is 42.9 Å². The summed E-state index contributed by atoms with van der Waals surface area (Å²) in [6.07, 6.45) is 1.83. The van der Waals surface area contributed by atoms with E-state index in [-0.39, 0.29) is 17.2 Å². The molecule has 142 valence electrons. The molecule has 0 aliphatic heterocycles. The van der Waals surface area contributed by atoms with Crippen molar-refractivity contribution in [2.24, 2.45) is 7.05 Å². The Balaban J connectivity index is 1.84. The minimum atomic E-state index is -3.30. The molecule has 2 rings (SSSR count). The Bertz CT molecular complexity index is 839. The number of aliphatic hydroxyl groups is 1. The molecule has 0 spiro atoms. The summed E-state index contributed by atoms with van der Waals surface area (Å²) in [5.74, 6) is -0.163. The third kappa shape index (κ3) is 4.95. The Kier molecular flexibility index (Phi) is 6.61. The van der Waals surface area contributed by atoms with Gasteiger partial charge in [0.2, 0.25) is 5.91 Å². The maximum absolute atomic E-state index is 12.1. The van der Waals surface area contributed by atoms with Gasteiger partial charge in [-0.15, -0.1) is 0 Å². The van der Waals surface area contributed by atoms with Gasteiger partial charge in [0, 0.05) is 25.5 Å². The molecule has 0 fully saturated rings. The molecule has 1 unspecified atom stereocenters. The van der Waals surface area contributed by atoms with Crippen molar-refractivity contribution >= 4 is 15.7 Å². The lowest BCUT2D eigenvalue weighted by atomic mass is 10.1. The molecule has 26 heavy (non-hydrogen) atoms. The van der Waals surface area contributed by atoms with Crippen LogP contribution in [0.4, 0.5) is 0 Å². The fourth-order valence-corrected chi connectivity index (χ4v) is 3.69. The van der Waals surface area contributed by atoms with Crippen LogP contribution in [0.2, 0.25) is 0 Å². The highest BCUT2D eigenvalue weighted by atomic mass is 32.2. The Morgan fingerprint density at radius 1 is 1.19 bits per heavy atom. The van der Waals surface area contributed by atoms with E-state index in [1.165, 1.54) is 12.1 Å². The van der Waals surface area contributed by atoms with E-state index in [0.717, 1.165) is 11.3 Å². The SMILES string of the molecule is CC(C)S(=O)(=O)c1ccc(CC(=O)NCCC(O)c2cccn2C)cc1. The molecular formula is C19H26N2O4S. The molecule has 0 aliphatic carbocycles. The van der Waals surface area contributed by atoms with Crippen LogP contribution < -0.4 is 5.32 Å². The smallest absolute Gasteiger partial charge is 0.224 e. The topological polar surface area (TPSA) is 88.4 Å². The lowest BCUT2D eigenvalue weighted by Crippen LogP contribution is -2.27. The number of amides is 1. The molecule has 2 aromatic rings. The van der Waals surface area contributed by atoms with Crippen LogP contribution in [0.15, 0.2) is 47.5 Å². The highest BCUT2D eigenvalue weighted by Crippen LogP contribution is 2.17. The lowest BCUT2D eigenvalue weighted by Gasteiger charge is -2.13. The fourth-order valence-electron chi connectivity index (χ4n) is 2.63. The molecule has 0 saturated heterocycles. The minimum absolute atomic E-state index is 0.163. The number of carbonyl (C=O) groups is 1. The Labute approximate surface area is 154 Å². The number of aliphatic hydroxyl groups excluding tert-OH is 1. The van der Waals surface area contributed by atoms with Gasteiger partial charge in [-0.3, -0.25) is 4.79 Å². The minimum Gasteiger partial charge on any atom is -0.387 e. The normalized spacial score (nSPS) is 13.0. The summed E-state index contributed by atoms with van der Waals surface area (Å²) in [6, 6.07) is 10.1. The Morgan fingerprint density at radius 3 is 2.38 bits per heavy atom. The molecule has 6 nitrogen and oxygen atoms in total. The van der Waals surface area contributed by atoms with Crippen LogP contribution in [0.3, 0.4) is 0 Å². The number of nitrogens with zero attached hydrogens (tertiary/aromatic N) is 1. The third-order valence-corrected chi connectivity index (χ3v) is 6.47. The van der Waals surface area contributed by atoms with Gasteiger partial charge in [-0.2, -0.15) is 0 Å². The number of hydrogen-bond donors (Lipinski definition) is 2. The van der Waals surface area contributed by atoms with Crippen LogP contribution in [0.25, 0.3) is 0 Å². The van der Waals surface area contributed by atoms with Crippen LogP contribution in [0.1, 0.15) is 37.6 Å². The second-order valence-electron chi connectivity index (χ2n) is 6.61. The molecule has 0 aliphatic rings. The van der Waals surface area contributed by atoms with E-state index < -0.39 is 21.2 Å². The summed E-state index contributed by atoms with van der Waals surface area (Å²) >= 11 is 0. The maximum Gasteiger partial charge on any atom is 0.224 e. The summed E-state index contributed by atoms with van der Waals surface area (Å²) in [7, 11) is -1.44. The van der Waals surface area contributed by atoms with Gasteiger partial charge in [0.25, 0.3) is 0 Å². The van der Waals surface area contributed by atoms with Crippen LogP contribution in [0, 0.1) is 0 Å². The van der Waals surface area contributed by atoms with Crippen molar-refractivity contribution in [1.29, 1.82) is 0 Å². The zero-order chi connectivity index (χ0) is 19.3. The predicted octanol–water partition coefficient (Wildman–Crippen LogP) is 1.99. The van der Waals surface area contributed by atoms with Crippen LogP contribution in [-0.4, -0.2) is 35.8 Å². The first-order valence-corrected chi connectivity index (χ1v) is 10.1. The van der Waals surface area contributed by atoms with Gasteiger partial charge >= 0.3 is 0 Å². The summed E-state index contributed by atoms with van der Waals surface area (Å²) in [5.41, 5.74) is 1.55. The second-order valence-corrected chi connectivity index (χ2v) is 9.12. The van der Waals surface area contributed by atoms with E-state index in [0.29, 0.717) is 13.0 Å². The van der Waals surface area contributed by atoms with Crippen molar-refractivity contribution in [3.63, 3.8) is 0 Å². The van der Waals surface area contributed by atoms with Crippen LogP contribution in [-0.2, 0) is 28.1 Å². The third-order valence-electron chi connectivity index (χ3n) is 4.30. The molecular weight excluding hydrogens is 352 g/mol. The number of aryl methyl sites for hydroxylation is 1. The molecule has 2 N–H and O–H groups in total. The fraction of sp³-hybridized carbons (Fsp3) is 0.421. The standard InChI is InChI=1S/C19H26N2O4S/c1-14(2)26(24,25)16-8-6-15(7-9-16)13-19(23)20-11-10-18(22)17-5-4-12-21(17)3/h4-9,12,14,18,22H,10-11,13H2,1-3H3,(H,20,23). The Morgan fingerprint density at radius 2 is 1.85 bits per heavy atom. The molecule has 0 bridgehead atoms. The van der Waals surface area contributed by atoms with E-state index in [2.05, 4.69) is 5.32 Å². The first-order chi connectivity index (χ1) is 12.2. The largest absolute Gasteiger partial charge is 0.387 e. The van der Waals surface area contributed by atoms with Gasteiger partial charge in [-0.1, -0.05) is 12.1 Å². The maximum atomic E-state index is 12.1. The molecule has 0 saturated carbocycles. The van der Waals surface area contributed by atoms with E-state index in [1.807, 2.05) is 29.9 Å². The average Bonchev–Trinajstić information content (AvgIpc) is 3.01. The monoisotopic (exact) mass is 378 g/mol. The number of benzene rings is 1. The summed E-state index contributed by atoms with van der Waals surface area (Å²) < 4.78 is 26.0. The van der Waals surface area contributed by atoms with E-state index in [1.54, 1.807) is 26.0 Å². The number of carbonyl (C=O) groups excluding carboxylic acids is 1. The number of hydrogen-bond acceptors (Lipinski definition) is 4. The molecule has 1 aromatic heterocycles. The lowest BCUT2D eigenvalue weighted by molar-refractivity contribution is -0.120. The highest BCUT2D eigenvalue weighted by molar-refractivity contribution is 7.92. The molecule has 1 amide bonds. The predicted molar refractivity (Wildman–Crippen MR) is 100 cm³/mol. The number of rotatable bonds is 8. The van der Waals surface area contributed by atoms with Gasteiger partial charge in [-0.05, 0) is 50.1 Å². The second kappa shape index (κ2) is 8.51.